The van der Waals surface area contributed by atoms with E-state index in [-0.39, 0.29) is 5.41 Å². The van der Waals surface area contributed by atoms with Crippen molar-refractivity contribution in [2.75, 3.05) is 46.4 Å². The number of hydrogen-bond donors (Lipinski definition) is 1. The number of methoxy groups -OCH3 is 1. The Balaban J connectivity index is 1.52. The number of ether oxygens (including phenoxy) is 1. The van der Waals surface area contributed by atoms with Crippen molar-refractivity contribution in [3.63, 3.8) is 0 Å². The highest BCUT2D eigenvalue weighted by Gasteiger charge is 2.45. The first kappa shape index (κ1) is 18.8. The molecule has 1 amide bonds. The maximum Gasteiger partial charge on any atom is 0.233 e. The summed E-state index contributed by atoms with van der Waals surface area (Å²) in [4.78, 5) is 18.5. The van der Waals surface area contributed by atoms with E-state index in [0.29, 0.717) is 11.9 Å². The molecule has 1 saturated carbocycles. The minimum absolute atomic E-state index is 0.330. The van der Waals surface area contributed by atoms with Gasteiger partial charge >= 0.3 is 0 Å². The number of benzene rings is 1. The van der Waals surface area contributed by atoms with E-state index in [1.54, 1.807) is 7.11 Å². The van der Waals surface area contributed by atoms with Gasteiger partial charge in [-0.15, -0.1) is 0 Å². The smallest absolute Gasteiger partial charge is 0.233 e. The topological polar surface area (TPSA) is 44.8 Å². The average molecular weight is 372 g/mol. The molecule has 148 valence electrons. The zero-order valence-electron chi connectivity index (χ0n) is 16.6. The largest absolute Gasteiger partial charge is 0.497 e. The van der Waals surface area contributed by atoms with Crippen LogP contribution < -0.4 is 10.1 Å². The van der Waals surface area contributed by atoms with Crippen molar-refractivity contribution < 1.29 is 9.53 Å². The van der Waals surface area contributed by atoms with E-state index in [4.69, 9.17) is 4.74 Å². The molecule has 2 aliphatic heterocycles. The standard InChI is InChI=1S/C22H33N3O2/c1-27-20-7-5-18(6-8-20)22(10-3-2-4-11-22)21(26)25-14-9-19(17-25)24-15-12-23-13-16-24/h5-8,19,23H,2-4,9-17H2,1H3. The van der Waals surface area contributed by atoms with Gasteiger partial charge in [-0.25, -0.2) is 0 Å². The van der Waals surface area contributed by atoms with E-state index in [9.17, 15) is 4.79 Å². The minimum atomic E-state index is -0.330. The summed E-state index contributed by atoms with van der Waals surface area (Å²) in [5, 5.41) is 3.43. The third-order valence-electron chi connectivity index (χ3n) is 6.88. The predicted molar refractivity (Wildman–Crippen MR) is 107 cm³/mol. The lowest BCUT2D eigenvalue weighted by molar-refractivity contribution is -0.138. The Bertz CT molecular complexity index is 633. The summed E-state index contributed by atoms with van der Waals surface area (Å²) >= 11 is 0. The monoisotopic (exact) mass is 371 g/mol. The SMILES string of the molecule is COc1ccc(C2(C(=O)N3CCC(N4CCNCC4)C3)CCCCC2)cc1. The number of hydrogen-bond acceptors (Lipinski definition) is 4. The van der Waals surface area contributed by atoms with Crippen LogP contribution >= 0.6 is 0 Å². The maximum absolute atomic E-state index is 13.8. The minimum Gasteiger partial charge on any atom is -0.497 e. The van der Waals surface area contributed by atoms with Crippen molar-refractivity contribution in [2.24, 2.45) is 0 Å². The number of nitrogens with zero attached hydrogens (tertiary/aromatic N) is 2. The lowest BCUT2D eigenvalue weighted by Gasteiger charge is -2.40. The number of carbonyl (C=O) groups is 1. The first-order valence-corrected chi connectivity index (χ1v) is 10.6. The van der Waals surface area contributed by atoms with Gasteiger partial charge in [0.15, 0.2) is 0 Å². The van der Waals surface area contributed by atoms with Gasteiger partial charge in [-0.1, -0.05) is 31.4 Å². The van der Waals surface area contributed by atoms with E-state index < -0.39 is 0 Å². The molecular formula is C22H33N3O2. The Morgan fingerprint density at radius 3 is 2.44 bits per heavy atom. The molecule has 1 aliphatic carbocycles. The highest BCUT2D eigenvalue weighted by molar-refractivity contribution is 5.88. The number of nitrogens with one attached hydrogen (secondary N) is 1. The van der Waals surface area contributed by atoms with Gasteiger partial charge in [0.1, 0.15) is 5.75 Å². The second-order valence-corrected chi connectivity index (χ2v) is 8.35. The number of rotatable bonds is 4. The van der Waals surface area contributed by atoms with Crippen LogP contribution in [0.5, 0.6) is 5.75 Å². The van der Waals surface area contributed by atoms with Crippen LogP contribution in [0.1, 0.15) is 44.1 Å². The number of likely N-dealkylation sites (tertiary alicyclic amines) is 1. The molecule has 1 unspecified atom stereocenters. The quantitative estimate of drug-likeness (QED) is 0.883. The lowest BCUT2D eigenvalue weighted by atomic mass is 9.68. The lowest BCUT2D eigenvalue weighted by Crippen LogP contribution is -2.51. The molecule has 27 heavy (non-hydrogen) atoms. The number of carbonyl (C=O) groups excluding carboxylic acids is 1. The van der Waals surface area contributed by atoms with Gasteiger partial charge < -0.3 is 15.0 Å². The molecule has 2 heterocycles. The Labute approximate surface area is 163 Å². The second kappa shape index (κ2) is 8.19. The summed E-state index contributed by atoms with van der Waals surface area (Å²) in [6.45, 7) is 6.16. The third-order valence-corrected chi connectivity index (χ3v) is 6.88. The fourth-order valence-electron chi connectivity index (χ4n) is 5.27. The zero-order valence-corrected chi connectivity index (χ0v) is 16.6. The molecule has 0 spiro atoms. The van der Waals surface area contributed by atoms with Gasteiger partial charge in [0.05, 0.1) is 12.5 Å². The molecule has 1 N–H and O–H groups in total. The van der Waals surface area contributed by atoms with Gasteiger partial charge in [-0.3, -0.25) is 9.69 Å². The molecule has 1 atom stereocenters. The van der Waals surface area contributed by atoms with Crippen molar-refractivity contribution in [1.82, 2.24) is 15.1 Å². The van der Waals surface area contributed by atoms with Crippen molar-refractivity contribution in [3.8, 4) is 5.75 Å². The van der Waals surface area contributed by atoms with Crippen molar-refractivity contribution in [2.45, 2.75) is 50.0 Å². The zero-order chi connectivity index (χ0) is 18.7. The fourth-order valence-corrected chi connectivity index (χ4v) is 5.27. The van der Waals surface area contributed by atoms with Crippen LogP contribution in [-0.4, -0.2) is 68.1 Å². The van der Waals surface area contributed by atoms with Gasteiger partial charge in [0.2, 0.25) is 5.91 Å². The molecular weight excluding hydrogens is 338 g/mol. The highest BCUT2D eigenvalue weighted by Crippen LogP contribution is 2.42. The van der Waals surface area contributed by atoms with Crippen LogP contribution in [0.2, 0.25) is 0 Å². The third kappa shape index (κ3) is 3.72. The van der Waals surface area contributed by atoms with Gasteiger partial charge in [0.25, 0.3) is 0 Å². The molecule has 0 radical (unpaired) electrons. The molecule has 3 aliphatic rings. The molecule has 4 rings (SSSR count). The van der Waals surface area contributed by atoms with E-state index in [0.717, 1.165) is 77.1 Å². The predicted octanol–water partition coefficient (Wildman–Crippen LogP) is 2.40. The summed E-state index contributed by atoms with van der Waals surface area (Å²) in [7, 11) is 1.69. The van der Waals surface area contributed by atoms with Crippen LogP contribution in [0, 0.1) is 0 Å². The Morgan fingerprint density at radius 2 is 1.78 bits per heavy atom. The van der Waals surface area contributed by atoms with E-state index in [1.807, 2.05) is 12.1 Å². The Morgan fingerprint density at radius 1 is 1.07 bits per heavy atom. The molecule has 5 heteroatoms. The fraction of sp³-hybridized carbons (Fsp3) is 0.682. The summed E-state index contributed by atoms with van der Waals surface area (Å²) in [6, 6.07) is 8.78. The van der Waals surface area contributed by atoms with Crippen LogP contribution in [0.4, 0.5) is 0 Å². The maximum atomic E-state index is 13.8. The van der Waals surface area contributed by atoms with Crippen molar-refractivity contribution in [3.05, 3.63) is 29.8 Å². The molecule has 1 aromatic rings. The Kier molecular flexibility index (Phi) is 5.69. The molecule has 1 aromatic carbocycles. The van der Waals surface area contributed by atoms with Crippen molar-refractivity contribution in [1.29, 1.82) is 0 Å². The molecule has 2 saturated heterocycles. The van der Waals surface area contributed by atoms with E-state index >= 15 is 0 Å². The van der Waals surface area contributed by atoms with Crippen molar-refractivity contribution >= 4 is 5.91 Å². The Hall–Kier alpha value is -1.59. The summed E-state index contributed by atoms with van der Waals surface area (Å²) < 4.78 is 5.32. The molecule has 0 aromatic heterocycles. The normalized spacial score (nSPS) is 26.1. The van der Waals surface area contributed by atoms with E-state index in [1.165, 1.54) is 12.0 Å². The first-order chi connectivity index (χ1) is 13.2. The van der Waals surface area contributed by atoms with Crippen LogP contribution in [0.3, 0.4) is 0 Å². The first-order valence-electron chi connectivity index (χ1n) is 10.6. The molecule has 5 nitrogen and oxygen atoms in total. The van der Waals surface area contributed by atoms with Crippen LogP contribution in [-0.2, 0) is 10.2 Å². The second-order valence-electron chi connectivity index (χ2n) is 8.35. The van der Waals surface area contributed by atoms with E-state index in [2.05, 4.69) is 27.2 Å². The molecule has 0 bridgehead atoms. The summed E-state index contributed by atoms with van der Waals surface area (Å²) in [5.74, 6) is 1.22. The number of piperazine rings is 1. The summed E-state index contributed by atoms with van der Waals surface area (Å²) in [5.41, 5.74) is 0.849. The van der Waals surface area contributed by atoms with Crippen LogP contribution in [0.15, 0.2) is 24.3 Å². The molecule has 3 fully saturated rings. The van der Waals surface area contributed by atoms with Gasteiger partial charge in [0, 0.05) is 45.3 Å². The van der Waals surface area contributed by atoms with Crippen LogP contribution in [0.25, 0.3) is 0 Å². The highest BCUT2D eigenvalue weighted by atomic mass is 16.5. The van der Waals surface area contributed by atoms with Gasteiger partial charge in [-0.05, 0) is 37.0 Å². The summed E-state index contributed by atoms with van der Waals surface area (Å²) in [6.07, 6.45) is 6.61. The van der Waals surface area contributed by atoms with Gasteiger partial charge in [-0.2, -0.15) is 0 Å². The average Bonchev–Trinajstić information content (AvgIpc) is 3.24. The number of amides is 1.